The Balaban J connectivity index is 2.07. The fourth-order valence-electron chi connectivity index (χ4n) is 2.50. The molecule has 1 fully saturated rings. The van der Waals surface area contributed by atoms with Crippen molar-refractivity contribution in [2.75, 3.05) is 36.5 Å². The second-order valence-corrected chi connectivity index (χ2v) is 5.67. The SMILES string of the molecule is CCCC(C)COc1nc(NCC)nc(N2CCCC2)n1. The Morgan fingerprint density at radius 1 is 1.19 bits per heavy atom. The number of hydrogen-bond donors (Lipinski definition) is 1. The molecule has 0 amide bonds. The molecule has 0 saturated carbocycles. The predicted molar refractivity (Wildman–Crippen MR) is 85.0 cm³/mol. The molecule has 118 valence electrons. The first kappa shape index (κ1) is 15.8. The zero-order chi connectivity index (χ0) is 15.1. The van der Waals surface area contributed by atoms with Crippen LogP contribution in [0.2, 0.25) is 0 Å². The zero-order valence-corrected chi connectivity index (χ0v) is 13.4. The summed E-state index contributed by atoms with van der Waals surface area (Å²) < 4.78 is 5.78. The van der Waals surface area contributed by atoms with Gasteiger partial charge in [0.05, 0.1) is 6.61 Å². The summed E-state index contributed by atoms with van der Waals surface area (Å²) in [5.74, 6) is 1.86. The fourth-order valence-corrected chi connectivity index (χ4v) is 2.50. The van der Waals surface area contributed by atoms with Crippen LogP contribution in [0.25, 0.3) is 0 Å². The summed E-state index contributed by atoms with van der Waals surface area (Å²) in [7, 11) is 0. The first-order valence-corrected chi connectivity index (χ1v) is 8.10. The van der Waals surface area contributed by atoms with Crippen molar-refractivity contribution in [3.63, 3.8) is 0 Å². The van der Waals surface area contributed by atoms with E-state index >= 15 is 0 Å². The highest BCUT2D eigenvalue weighted by Gasteiger charge is 2.18. The Morgan fingerprint density at radius 3 is 2.62 bits per heavy atom. The first-order chi connectivity index (χ1) is 10.2. The van der Waals surface area contributed by atoms with Gasteiger partial charge in [-0.15, -0.1) is 0 Å². The van der Waals surface area contributed by atoms with Crippen LogP contribution in [0.15, 0.2) is 0 Å². The van der Waals surface area contributed by atoms with Crippen LogP contribution < -0.4 is 15.0 Å². The number of nitrogens with zero attached hydrogens (tertiary/aromatic N) is 4. The van der Waals surface area contributed by atoms with E-state index in [-0.39, 0.29) is 0 Å². The van der Waals surface area contributed by atoms with Gasteiger partial charge in [0.15, 0.2) is 0 Å². The second-order valence-electron chi connectivity index (χ2n) is 5.67. The molecular formula is C15H27N5O. The highest BCUT2D eigenvalue weighted by Crippen LogP contribution is 2.20. The topological polar surface area (TPSA) is 63.2 Å². The maximum absolute atomic E-state index is 5.78. The minimum absolute atomic E-state index is 0.436. The average Bonchev–Trinajstić information content (AvgIpc) is 3.00. The molecule has 1 unspecified atom stereocenters. The van der Waals surface area contributed by atoms with Crippen molar-refractivity contribution in [1.29, 1.82) is 0 Å². The third-order valence-corrected chi connectivity index (χ3v) is 3.61. The minimum Gasteiger partial charge on any atom is -0.463 e. The number of ether oxygens (including phenoxy) is 1. The van der Waals surface area contributed by atoms with Gasteiger partial charge >= 0.3 is 6.01 Å². The van der Waals surface area contributed by atoms with E-state index in [1.807, 2.05) is 6.92 Å². The molecule has 1 aromatic rings. The lowest BCUT2D eigenvalue weighted by molar-refractivity contribution is 0.233. The van der Waals surface area contributed by atoms with Crippen LogP contribution >= 0.6 is 0 Å². The van der Waals surface area contributed by atoms with Crippen LogP contribution in [0.1, 0.15) is 46.5 Å². The summed E-state index contributed by atoms with van der Waals surface area (Å²) in [4.78, 5) is 15.5. The lowest BCUT2D eigenvalue weighted by atomic mass is 10.1. The second kappa shape index (κ2) is 8.00. The number of nitrogens with one attached hydrogen (secondary N) is 1. The van der Waals surface area contributed by atoms with E-state index in [1.54, 1.807) is 0 Å². The summed E-state index contributed by atoms with van der Waals surface area (Å²) in [6, 6.07) is 0.436. The van der Waals surface area contributed by atoms with Gasteiger partial charge in [0.2, 0.25) is 11.9 Å². The summed E-state index contributed by atoms with van der Waals surface area (Å²) in [5.41, 5.74) is 0. The third-order valence-electron chi connectivity index (χ3n) is 3.61. The van der Waals surface area contributed by atoms with Crippen LogP contribution in [-0.2, 0) is 0 Å². The maximum Gasteiger partial charge on any atom is 0.323 e. The van der Waals surface area contributed by atoms with Gasteiger partial charge in [-0.25, -0.2) is 0 Å². The average molecular weight is 293 g/mol. The molecule has 2 rings (SSSR count). The number of aromatic nitrogens is 3. The molecule has 1 N–H and O–H groups in total. The molecule has 0 radical (unpaired) electrons. The van der Waals surface area contributed by atoms with Crippen LogP contribution in [0.3, 0.4) is 0 Å². The molecule has 1 aliphatic rings. The molecule has 6 heteroatoms. The lowest BCUT2D eigenvalue weighted by Gasteiger charge is -2.17. The molecule has 2 heterocycles. The molecule has 6 nitrogen and oxygen atoms in total. The molecular weight excluding hydrogens is 266 g/mol. The summed E-state index contributed by atoms with van der Waals surface area (Å²) in [6.45, 7) is 9.88. The monoisotopic (exact) mass is 293 g/mol. The van der Waals surface area contributed by atoms with Crippen molar-refractivity contribution in [2.24, 2.45) is 5.92 Å². The molecule has 1 saturated heterocycles. The summed E-state index contributed by atoms with van der Waals surface area (Å²) >= 11 is 0. The van der Waals surface area contributed by atoms with Gasteiger partial charge < -0.3 is 15.0 Å². The van der Waals surface area contributed by atoms with Gasteiger partial charge in [-0.2, -0.15) is 15.0 Å². The molecule has 0 bridgehead atoms. The van der Waals surface area contributed by atoms with Gasteiger partial charge in [-0.05, 0) is 32.1 Å². The molecule has 0 aromatic carbocycles. The van der Waals surface area contributed by atoms with E-state index in [4.69, 9.17) is 4.74 Å². The summed E-state index contributed by atoms with van der Waals surface area (Å²) in [5, 5.41) is 3.16. The Labute approximate surface area is 127 Å². The van der Waals surface area contributed by atoms with Crippen LogP contribution in [-0.4, -0.2) is 41.2 Å². The van der Waals surface area contributed by atoms with Gasteiger partial charge in [-0.1, -0.05) is 20.3 Å². The normalized spacial score (nSPS) is 16.0. The largest absolute Gasteiger partial charge is 0.463 e. The lowest BCUT2D eigenvalue weighted by Crippen LogP contribution is -2.22. The van der Waals surface area contributed by atoms with Crippen LogP contribution in [0.4, 0.5) is 11.9 Å². The molecule has 1 aliphatic heterocycles. The standard InChI is InChI=1S/C15H27N5O/c1-4-8-12(3)11-21-15-18-13(16-5-2)17-14(19-15)20-9-6-7-10-20/h12H,4-11H2,1-3H3,(H,16,17,18,19). The van der Waals surface area contributed by atoms with Crippen molar-refractivity contribution >= 4 is 11.9 Å². The fraction of sp³-hybridized carbons (Fsp3) is 0.800. The molecule has 0 aliphatic carbocycles. The Hall–Kier alpha value is -1.59. The van der Waals surface area contributed by atoms with Crippen molar-refractivity contribution < 1.29 is 4.74 Å². The van der Waals surface area contributed by atoms with E-state index < -0.39 is 0 Å². The molecule has 21 heavy (non-hydrogen) atoms. The Bertz CT molecular complexity index is 434. The van der Waals surface area contributed by atoms with Crippen molar-refractivity contribution in [3.05, 3.63) is 0 Å². The number of rotatable bonds is 8. The predicted octanol–water partition coefficient (Wildman–Crippen LogP) is 2.72. The first-order valence-electron chi connectivity index (χ1n) is 8.10. The molecule has 0 spiro atoms. The quantitative estimate of drug-likeness (QED) is 0.795. The van der Waals surface area contributed by atoms with Crippen molar-refractivity contribution in [3.8, 4) is 6.01 Å². The zero-order valence-electron chi connectivity index (χ0n) is 13.4. The Kier molecular flexibility index (Phi) is 6.02. The molecule has 1 atom stereocenters. The molecule has 1 aromatic heterocycles. The van der Waals surface area contributed by atoms with Crippen LogP contribution in [0.5, 0.6) is 6.01 Å². The van der Waals surface area contributed by atoms with Gasteiger partial charge in [-0.3, -0.25) is 0 Å². The maximum atomic E-state index is 5.78. The van der Waals surface area contributed by atoms with E-state index in [9.17, 15) is 0 Å². The van der Waals surface area contributed by atoms with E-state index in [2.05, 4.69) is 39.0 Å². The van der Waals surface area contributed by atoms with Gasteiger partial charge in [0, 0.05) is 19.6 Å². The van der Waals surface area contributed by atoms with Crippen molar-refractivity contribution in [1.82, 2.24) is 15.0 Å². The van der Waals surface area contributed by atoms with Crippen molar-refractivity contribution in [2.45, 2.75) is 46.5 Å². The highest BCUT2D eigenvalue weighted by atomic mass is 16.5. The number of hydrogen-bond acceptors (Lipinski definition) is 6. The van der Waals surface area contributed by atoms with E-state index in [1.165, 1.54) is 19.3 Å². The smallest absolute Gasteiger partial charge is 0.323 e. The summed E-state index contributed by atoms with van der Waals surface area (Å²) in [6.07, 6.45) is 4.73. The Morgan fingerprint density at radius 2 is 1.95 bits per heavy atom. The minimum atomic E-state index is 0.436. The van der Waals surface area contributed by atoms with Gasteiger partial charge in [0.25, 0.3) is 0 Å². The van der Waals surface area contributed by atoms with E-state index in [0.717, 1.165) is 32.0 Å². The third kappa shape index (κ3) is 4.72. The number of anilines is 2. The van der Waals surface area contributed by atoms with Gasteiger partial charge in [0.1, 0.15) is 0 Å². The highest BCUT2D eigenvalue weighted by molar-refractivity contribution is 5.39. The van der Waals surface area contributed by atoms with E-state index in [0.29, 0.717) is 24.5 Å². The van der Waals surface area contributed by atoms with Crippen LogP contribution in [0, 0.1) is 5.92 Å².